The molecule has 0 aliphatic carbocycles. The largest absolute Gasteiger partial charge is 0.423 e. The molecule has 8 nitrogen and oxygen atoms in total. The monoisotopic (exact) mass is 465 g/mol. The van der Waals surface area contributed by atoms with Crippen molar-refractivity contribution in [1.29, 1.82) is 0 Å². The number of nitrogens with zero attached hydrogens (tertiary/aromatic N) is 3. The molecule has 34 heavy (non-hydrogen) atoms. The smallest absolute Gasteiger partial charge is 0.412 e. The Hall–Kier alpha value is -3.72. The summed E-state index contributed by atoms with van der Waals surface area (Å²) in [5.74, 6) is -0.517. The van der Waals surface area contributed by atoms with Gasteiger partial charge >= 0.3 is 6.09 Å². The Morgan fingerprint density at radius 2 is 1.79 bits per heavy atom. The summed E-state index contributed by atoms with van der Waals surface area (Å²) < 4.78 is 19.2. The van der Waals surface area contributed by atoms with Gasteiger partial charge in [-0.1, -0.05) is 30.3 Å². The molecule has 3 aromatic rings. The number of ether oxygens (including phenoxy) is 1. The summed E-state index contributed by atoms with van der Waals surface area (Å²) in [6.07, 6.45) is -0.495. The maximum Gasteiger partial charge on any atom is 0.412 e. The molecule has 1 aliphatic heterocycles. The van der Waals surface area contributed by atoms with Gasteiger partial charge in [0.15, 0.2) is 11.5 Å². The molecule has 0 bridgehead atoms. The highest BCUT2D eigenvalue weighted by molar-refractivity contribution is 6.04. The summed E-state index contributed by atoms with van der Waals surface area (Å²) in [6.45, 7) is 5.83. The Balaban J connectivity index is 1.56. The van der Waals surface area contributed by atoms with Crippen molar-refractivity contribution < 1.29 is 18.7 Å². The number of nitrogens with one attached hydrogen (secondary N) is 2. The number of aromatic amines is 1. The second kappa shape index (κ2) is 8.57. The Kier molecular flexibility index (Phi) is 5.91. The number of carbonyl (C=O) groups is 2. The van der Waals surface area contributed by atoms with E-state index in [4.69, 9.17) is 4.74 Å². The number of hydrogen-bond acceptors (Lipinski definition) is 5. The van der Waals surface area contributed by atoms with Gasteiger partial charge < -0.3 is 10.1 Å². The van der Waals surface area contributed by atoms with Gasteiger partial charge in [0.25, 0.3) is 5.91 Å². The number of H-pyrrole nitrogens is 1. The average molecular weight is 466 g/mol. The third kappa shape index (κ3) is 4.03. The molecule has 1 aromatic heterocycles. The summed E-state index contributed by atoms with van der Waals surface area (Å²) in [5, 5.41) is 9.96. The third-order valence-corrected chi connectivity index (χ3v) is 6.48. The number of amides is 2. The molecule has 2 N–H and O–H groups in total. The highest BCUT2D eigenvalue weighted by Crippen LogP contribution is 2.42. The predicted octanol–water partition coefficient (Wildman–Crippen LogP) is 4.42. The third-order valence-electron chi connectivity index (χ3n) is 6.48. The summed E-state index contributed by atoms with van der Waals surface area (Å²) in [4.78, 5) is 29.5. The molecule has 4 rings (SSSR count). The summed E-state index contributed by atoms with van der Waals surface area (Å²) in [6, 6.07) is 14.8. The molecular formula is C25H28FN5O3. The van der Waals surface area contributed by atoms with Crippen LogP contribution in [0.1, 0.15) is 48.0 Å². The van der Waals surface area contributed by atoms with Gasteiger partial charge in [-0.25, -0.2) is 9.18 Å². The van der Waals surface area contributed by atoms with Crippen molar-refractivity contribution >= 4 is 17.8 Å². The first-order chi connectivity index (χ1) is 16.0. The number of fused-ring (bicyclic) bond motifs is 1. The van der Waals surface area contributed by atoms with Crippen LogP contribution in [0.2, 0.25) is 0 Å². The molecule has 9 heteroatoms. The topological polar surface area (TPSA) is 90.6 Å². The van der Waals surface area contributed by atoms with Crippen LogP contribution in [0.25, 0.3) is 0 Å². The van der Waals surface area contributed by atoms with Crippen LogP contribution >= 0.6 is 0 Å². The van der Waals surface area contributed by atoms with Crippen LogP contribution in [0.5, 0.6) is 0 Å². The number of aromatic nitrogens is 2. The number of anilines is 1. The van der Waals surface area contributed by atoms with Gasteiger partial charge in [0.05, 0.1) is 17.8 Å². The van der Waals surface area contributed by atoms with Gasteiger partial charge in [-0.2, -0.15) is 5.10 Å². The molecule has 178 valence electrons. The lowest BCUT2D eigenvalue weighted by atomic mass is 10.0. The van der Waals surface area contributed by atoms with Crippen LogP contribution in [0, 0.1) is 5.82 Å². The minimum absolute atomic E-state index is 0.203. The Bertz CT molecular complexity index is 1210. The van der Waals surface area contributed by atoms with Crippen molar-refractivity contribution in [3.05, 3.63) is 82.8 Å². The van der Waals surface area contributed by atoms with Crippen molar-refractivity contribution in [3.63, 3.8) is 0 Å². The fourth-order valence-electron chi connectivity index (χ4n) is 4.07. The van der Waals surface area contributed by atoms with E-state index in [1.165, 1.54) is 24.3 Å². The van der Waals surface area contributed by atoms with E-state index in [0.717, 1.165) is 5.56 Å². The van der Waals surface area contributed by atoms with Gasteiger partial charge in [-0.3, -0.25) is 19.7 Å². The van der Waals surface area contributed by atoms with Gasteiger partial charge in [0.1, 0.15) is 5.82 Å². The number of halogens is 1. The second-order valence-electron chi connectivity index (χ2n) is 9.14. The van der Waals surface area contributed by atoms with E-state index in [1.54, 1.807) is 4.90 Å². The highest BCUT2D eigenvalue weighted by atomic mass is 19.1. The molecule has 0 saturated carbocycles. The Morgan fingerprint density at radius 3 is 2.41 bits per heavy atom. The quantitative estimate of drug-likeness (QED) is 0.545. The van der Waals surface area contributed by atoms with Crippen LogP contribution < -0.4 is 5.32 Å². The number of rotatable bonds is 5. The van der Waals surface area contributed by atoms with Crippen molar-refractivity contribution in [2.75, 3.05) is 19.4 Å². The first-order valence-corrected chi connectivity index (χ1v) is 10.9. The fourth-order valence-corrected chi connectivity index (χ4v) is 4.07. The average Bonchev–Trinajstić information content (AvgIpc) is 3.32. The van der Waals surface area contributed by atoms with Crippen LogP contribution in [-0.2, 0) is 22.5 Å². The molecule has 2 heterocycles. The van der Waals surface area contributed by atoms with Gasteiger partial charge in [-0.05, 0) is 59.1 Å². The van der Waals surface area contributed by atoms with Crippen molar-refractivity contribution in [1.82, 2.24) is 20.0 Å². The Labute approximate surface area is 197 Å². The van der Waals surface area contributed by atoms with E-state index >= 15 is 0 Å². The zero-order chi connectivity index (χ0) is 24.7. The number of carbonyl (C=O) groups excluding carboxylic acids is 2. The van der Waals surface area contributed by atoms with Crippen LogP contribution in [-0.4, -0.2) is 46.1 Å². The van der Waals surface area contributed by atoms with Gasteiger partial charge in [0.2, 0.25) is 0 Å². The van der Waals surface area contributed by atoms with Gasteiger partial charge in [0, 0.05) is 16.7 Å². The molecule has 1 aliphatic rings. The highest BCUT2D eigenvalue weighted by Gasteiger charge is 2.47. The summed E-state index contributed by atoms with van der Waals surface area (Å²) in [7, 11) is 3.70. The maximum absolute atomic E-state index is 13.4. The number of hydrogen-bond donors (Lipinski definition) is 2. The maximum atomic E-state index is 13.4. The van der Waals surface area contributed by atoms with Crippen molar-refractivity contribution in [2.45, 2.75) is 38.6 Å². The molecule has 0 saturated heterocycles. The lowest BCUT2D eigenvalue weighted by Gasteiger charge is -2.39. The first kappa shape index (κ1) is 23.4. The summed E-state index contributed by atoms with van der Waals surface area (Å²) in [5.41, 5.74) is 0.827. The number of benzene rings is 2. The van der Waals surface area contributed by atoms with E-state index in [0.29, 0.717) is 22.6 Å². The second-order valence-corrected chi connectivity index (χ2v) is 9.14. The molecular weight excluding hydrogens is 437 g/mol. The Morgan fingerprint density at radius 1 is 1.15 bits per heavy atom. The fraction of sp³-hybridized carbons (Fsp3) is 0.320. The van der Waals surface area contributed by atoms with E-state index in [2.05, 4.69) is 15.5 Å². The normalized spacial score (nSPS) is 16.1. The van der Waals surface area contributed by atoms with E-state index in [9.17, 15) is 14.0 Å². The standard InChI is InChI=1S/C25H28FN5O3/c1-24(2)20-19(21(29-28-20)27-22(32)16-11-13-18(26)14-12-16)15-31(24)23(33)34-25(3,30(4)5)17-9-7-6-8-10-17/h6-14H,15H2,1-5H3,(H2,27,28,29,32). The van der Waals surface area contributed by atoms with Crippen LogP contribution in [0.3, 0.4) is 0 Å². The molecule has 2 amide bonds. The SMILES string of the molecule is CN(C)C(C)(OC(=O)N1Cc2c(NC(=O)c3ccc(F)cc3)n[nH]c2C1(C)C)c1ccccc1. The lowest BCUT2D eigenvalue weighted by molar-refractivity contribution is -0.0998. The lowest BCUT2D eigenvalue weighted by Crippen LogP contribution is -2.48. The van der Waals surface area contributed by atoms with Gasteiger partial charge in [-0.15, -0.1) is 0 Å². The zero-order valence-corrected chi connectivity index (χ0v) is 19.8. The van der Waals surface area contributed by atoms with E-state index in [-0.39, 0.29) is 6.54 Å². The minimum atomic E-state index is -0.984. The first-order valence-electron chi connectivity index (χ1n) is 10.9. The van der Waals surface area contributed by atoms with Crippen molar-refractivity contribution in [2.24, 2.45) is 0 Å². The molecule has 0 spiro atoms. The van der Waals surface area contributed by atoms with Crippen molar-refractivity contribution in [3.8, 4) is 0 Å². The molecule has 0 fully saturated rings. The summed E-state index contributed by atoms with van der Waals surface area (Å²) >= 11 is 0. The zero-order valence-electron chi connectivity index (χ0n) is 19.8. The minimum Gasteiger partial charge on any atom is -0.423 e. The molecule has 1 unspecified atom stereocenters. The molecule has 2 aromatic carbocycles. The molecule has 1 atom stereocenters. The van der Waals surface area contributed by atoms with Crippen LogP contribution in [0.15, 0.2) is 54.6 Å². The predicted molar refractivity (Wildman–Crippen MR) is 125 cm³/mol. The van der Waals surface area contributed by atoms with Crippen LogP contribution in [0.4, 0.5) is 15.0 Å². The van der Waals surface area contributed by atoms with E-state index in [1.807, 2.05) is 70.1 Å². The molecule has 0 radical (unpaired) electrons. The van der Waals surface area contributed by atoms with E-state index < -0.39 is 29.1 Å².